The molecule has 0 saturated heterocycles. The molecule has 0 bridgehead atoms. The molecule has 0 unspecified atom stereocenters. The first-order valence-corrected chi connectivity index (χ1v) is 6.54. The van der Waals surface area contributed by atoms with Crippen molar-refractivity contribution in [2.75, 3.05) is 14.1 Å². The fourth-order valence-corrected chi connectivity index (χ4v) is 2.34. The molecule has 0 aliphatic heterocycles. The highest BCUT2D eigenvalue weighted by molar-refractivity contribution is 5.20. The van der Waals surface area contributed by atoms with E-state index in [-0.39, 0.29) is 5.82 Å². The molecule has 0 aliphatic carbocycles. The quantitative estimate of drug-likeness (QED) is 0.785. The Bertz CT molecular complexity index is 508. The van der Waals surface area contributed by atoms with Crippen LogP contribution in [0.15, 0.2) is 48.5 Å². The summed E-state index contributed by atoms with van der Waals surface area (Å²) in [6.45, 7) is 0. The number of aryl methyl sites for hydroxylation is 1. The summed E-state index contributed by atoms with van der Waals surface area (Å²) in [6, 6.07) is 18.5. The zero-order chi connectivity index (χ0) is 13.7. The van der Waals surface area contributed by atoms with Gasteiger partial charge in [-0.2, -0.15) is 0 Å². The van der Waals surface area contributed by atoms with E-state index >= 15 is 0 Å². The van der Waals surface area contributed by atoms with E-state index < -0.39 is 0 Å². The molecule has 1 atom stereocenters. The fraction of sp³-hybridized carbons (Fsp3) is 0.294. The van der Waals surface area contributed by atoms with Gasteiger partial charge in [-0.15, -0.1) is 0 Å². The zero-order valence-corrected chi connectivity index (χ0v) is 11.4. The summed E-state index contributed by atoms with van der Waals surface area (Å²) in [4.78, 5) is 2.21. The maximum atomic E-state index is 13.1. The molecule has 0 saturated carbocycles. The van der Waals surface area contributed by atoms with Crippen LogP contribution in [0.5, 0.6) is 0 Å². The SMILES string of the molecule is CN(C)[C@@H](CCc1cc[c]c(F)c1)c1ccccc1. The fourth-order valence-electron chi connectivity index (χ4n) is 2.34. The number of rotatable bonds is 5. The third-order valence-electron chi connectivity index (χ3n) is 3.34. The van der Waals surface area contributed by atoms with Gasteiger partial charge in [-0.25, -0.2) is 4.39 Å². The second-order valence-electron chi connectivity index (χ2n) is 4.97. The first-order chi connectivity index (χ1) is 9.16. The first-order valence-electron chi connectivity index (χ1n) is 6.54. The highest BCUT2D eigenvalue weighted by Crippen LogP contribution is 2.23. The molecule has 0 fully saturated rings. The Kier molecular flexibility index (Phi) is 4.69. The number of hydrogen-bond acceptors (Lipinski definition) is 1. The lowest BCUT2D eigenvalue weighted by Gasteiger charge is -2.24. The van der Waals surface area contributed by atoms with Gasteiger partial charge in [0.25, 0.3) is 0 Å². The van der Waals surface area contributed by atoms with Gasteiger partial charge in [-0.05, 0) is 44.1 Å². The van der Waals surface area contributed by atoms with Crippen molar-refractivity contribution >= 4 is 0 Å². The zero-order valence-electron chi connectivity index (χ0n) is 11.4. The average Bonchev–Trinajstić information content (AvgIpc) is 2.40. The van der Waals surface area contributed by atoms with Gasteiger partial charge < -0.3 is 4.90 Å². The number of hydrogen-bond donors (Lipinski definition) is 0. The highest BCUT2D eigenvalue weighted by Gasteiger charge is 2.13. The van der Waals surface area contributed by atoms with Crippen molar-refractivity contribution < 1.29 is 4.39 Å². The van der Waals surface area contributed by atoms with Crippen LogP contribution in [-0.2, 0) is 6.42 Å². The van der Waals surface area contributed by atoms with Crippen molar-refractivity contribution in [1.29, 1.82) is 0 Å². The van der Waals surface area contributed by atoms with Crippen molar-refractivity contribution in [3.63, 3.8) is 0 Å². The lowest BCUT2D eigenvalue weighted by molar-refractivity contribution is 0.284. The monoisotopic (exact) mass is 256 g/mol. The molecule has 0 heterocycles. The third-order valence-corrected chi connectivity index (χ3v) is 3.34. The summed E-state index contributed by atoms with van der Waals surface area (Å²) in [6.07, 6.45) is 1.84. The van der Waals surface area contributed by atoms with Gasteiger partial charge in [0.1, 0.15) is 5.82 Å². The average molecular weight is 256 g/mol. The molecule has 0 spiro atoms. The molecule has 2 rings (SSSR count). The molecule has 1 nitrogen and oxygen atoms in total. The van der Waals surface area contributed by atoms with Gasteiger partial charge in [0, 0.05) is 12.1 Å². The van der Waals surface area contributed by atoms with Crippen LogP contribution in [0, 0.1) is 11.9 Å². The molecule has 0 aromatic heterocycles. The minimum Gasteiger partial charge on any atom is -0.302 e. The molecule has 19 heavy (non-hydrogen) atoms. The third kappa shape index (κ3) is 3.90. The number of halogens is 1. The van der Waals surface area contributed by atoms with Gasteiger partial charge in [-0.1, -0.05) is 42.5 Å². The van der Waals surface area contributed by atoms with Crippen LogP contribution in [0.2, 0.25) is 0 Å². The van der Waals surface area contributed by atoms with Crippen LogP contribution in [0.1, 0.15) is 23.6 Å². The number of benzene rings is 2. The van der Waals surface area contributed by atoms with Crippen LogP contribution in [0.3, 0.4) is 0 Å². The second kappa shape index (κ2) is 6.48. The van der Waals surface area contributed by atoms with E-state index in [1.165, 1.54) is 5.56 Å². The van der Waals surface area contributed by atoms with Gasteiger partial charge in [0.15, 0.2) is 0 Å². The molecule has 2 aromatic carbocycles. The van der Waals surface area contributed by atoms with Crippen LogP contribution < -0.4 is 0 Å². The topological polar surface area (TPSA) is 3.24 Å². The van der Waals surface area contributed by atoms with Crippen molar-refractivity contribution in [3.05, 3.63) is 71.5 Å². The van der Waals surface area contributed by atoms with Crippen molar-refractivity contribution in [1.82, 2.24) is 4.90 Å². The summed E-state index contributed by atoms with van der Waals surface area (Å²) >= 11 is 0. The summed E-state index contributed by atoms with van der Waals surface area (Å²) in [5.74, 6) is -0.279. The Balaban J connectivity index is 2.06. The van der Waals surface area contributed by atoms with Crippen LogP contribution in [-0.4, -0.2) is 19.0 Å². The summed E-state index contributed by atoms with van der Waals surface area (Å²) in [5.41, 5.74) is 2.33. The Hall–Kier alpha value is -1.67. The number of nitrogens with zero attached hydrogens (tertiary/aromatic N) is 1. The van der Waals surface area contributed by atoms with E-state index in [1.807, 2.05) is 12.1 Å². The Morgan fingerprint density at radius 2 is 1.89 bits per heavy atom. The van der Waals surface area contributed by atoms with Crippen LogP contribution >= 0.6 is 0 Å². The molecule has 0 amide bonds. The predicted octanol–water partition coefficient (Wildman–Crippen LogP) is 3.86. The smallest absolute Gasteiger partial charge is 0.131 e. The largest absolute Gasteiger partial charge is 0.302 e. The molecule has 0 N–H and O–H groups in total. The first kappa shape index (κ1) is 13.8. The Labute approximate surface area is 114 Å². The van der Waals surface area contributed by atoms with E-state index in [4.69, 9.17) is 0 Å². The maximum Gasteiger partial charge on any atom is 0.131 e. The molecule has 2 heteroatoms. The minimum atomic E-state index is -0.279. The minimum absolute atomic E-state index is 0.279. The summed E-state index contributed by atoms with van der Waals surface area (Å²) in [5, 5.41) is 0. The molecule has 2 aromatic rings. The van der Waals surface area contributed by atoms with E-state index in [0.29, 0.717) is 6.04 Å². The normalized spacial score (nSPS) is 12.6. The van der Waals surface area contributed by atoms with Gasteiger partial charge in [0.05, 0.1) is 0 Å². The summed E-state index contributed by atoms with van der Waals surface area (Å²) in [7, 11) is 4.16. The van der Waals surface area contributed by atoms with Crippen molar-refractivity contribution in [2.45, 2.75) is 18.9 Å². The van der Waals surface area contributed by atoms with Crippen LogP contribution in [0.25, 0.3) is 0 Å². The predicted molar refractivity (Wildman–Crippen MR) is 76.4 cm³/mol. The molecule has 0 aliphatic rings. The van der Waals surface area contributed by atoms with Gasteiger partial charge in [0.2, 0.25) is 0 Å². The standard InChI is InChI=1S/C17H19FN/c1-19(2)17(15-8-4-3-5-9-15)12-11-14-7-6-10-16(18)13-14/h3-9,13,17H,11-12H2,1-2H3/t17-/m0/s1. The van der Waals surface area contributed by atoms with Crippen molar-refractivity contribution in [2.24, 2.45) is 0 Å². The molecular formula is C17H19FN. The maximum absolute atomic E-state index is 13.1. The second-order valence-corrected chi connectivity index (χ2v) is 4.97. The van der Waals surface area contributed by atoms with Gasteiger partial charge >= 0.3 is 0 Å². The Morgan fingerprint density at radius 3 is 2.53 bits per heavy atom. The van der Waals surface area contributed by atoms with Gasteiger partial charge in [-0.3, -0.25) is 0 Å². The molecule has 99 valence electrons. The van der Waals surface area contributed by atoms with E-state index in [9.17, 15) is 4.39 Å². The van der Waals surface area contributed by atoms with E-state index in [1.54, 1.807) is 12.1 Å². The van der Waals surface area contributed by atoms with E-state index in [0.717, 1.165) is 18.4 Å². The summed E-state index contributed by atoms with van der Waals surface area (Å²) < 4.78 is 13.1. The highest BCUT2D eigenvalue weighted by atomic mass is 19.1. The van der Waals surface area contributed by atoms with Crippen LogP contribution in [0.4, 0.5) is 4.39 Å². The molecule has 1 radical (unpaired) electrons. The lowest BCUT2D eigenvalue weighted by atomic mass is 9.98. The lowest BCUT2D eigenvalue weighted by Crippen LogP contribution is -2.20. The van der Waals surface area contributed by atoms with Crippen molar-refractivity contribution in [3.8, 4) is 0 Å². The van der Waals surface area contributed by atoms with E-state index in [2.05, 4.69) is 49.3 Å². The molecular weight excluding hydrogens is 237 g/mol. The Morgan fingerprint density at radius 1 is 1.16 bits per heavy atom.